The number of carbonyl (C=O) groups is 2. The lowest BCUT2D eigenvalue weighted by Gasteiger charge is -2.01. The van der Waals surface area contributed by atoms with E-state index in [1.54, 1.807) is 6.92 Å². The second-order valence-electron chi connectivity index (χ2n) is 2.16. The van der Waals surface area contributed by atoms with Gasteiger partial charge in [0, 0.05) is 6.42 Å². The molecule has 0 radical (unpaired) electrons. The van der Waals surface area contributed by atoms with Gasteiger partial charge in [-0.1, -0.05) is 6.92 Å². The van der Waals surface area contributed by atoms with Crippen LogP contribution >= 0.6 is 11.9 Å². The highest BCUT2D eigenvalue weighted by molar-refractivity contribution is 6.13. The molecule has 0 rings (SSSR count). The molecule has 0 aromatic rings. The number of halogens is 1. The number of aldehydes is 1. The maximum absolute atomic E-state index is 10.4. The van der Waals surface area contributed by atoms with Gasteiger partial charge in [-0.25, -0.2) is 0 Å². The molecule has 0 N–H and O–H groups in total. The first-order chi connectivity index (χ1) is 4.70. The van der Waals surface area contributed by atoms with Gasteiger partial charge >= 0.3 is 5.97 Å². The molecule has 4 heteroatoms. The zero-order valence-electron chi connectivity index (χ0n) is 5.67. The van der Waals surface area contributed by atoms with Crippen molar-refractivity contribution in [2.75, 3.05) is 0 Å². The average Bonchev–Trinajstić information content (AvgIpc) is 1.88. The van der Waals surface area contributed by atoms with Crippen molar-refractivity contribution in [2.24, 2.45) is 5.92 Å². The molecule has 10 heavy (non-hydrogen) atoms. The van der Waals surface area contributed by atoms with E-state index < -0.39 is 5.97 Å². The summed E-state index contributed by atoms with van der Waals surface area (Å²) >= 11 is 4.76. The predicted molar refractivity (Wildman–Crippen MR) is 36.4 cm³/mol. The van der Waals surface area contributed by atoms with E-state index in [4.69, 9.17) is 11.9 Å². The van der Waals surface area contributed by atoms with Gasteiger partial charge in [-0.05, 0) is 5.92 Å². The summed E-state index contributed by atoms with van der Waals surface area (Å²) < 4.78 is 3.88. The summed E-state index contributed by atoms with van der Waals surface area (Å²) in [6, 6.07) is 0. The molecule has 0 spiro atoms. The van der Waals surface area contributed by atoms with Crippen molar-refractivity contribution in [3.63, 3.8) is 0 Å². The highest BCUT2D eigenvalue weighted by Crippen LogP contribution is 2.06. The highest BCUT2D eigenvalue weighted by Gasteiger charge is 2.08. The first-order valence-corrected chi connectivity index (χ1v) is 3.26. The zero-order valence-corrected chi connectivity index (χ0v) is 6.43. The summed E-state index contributed by atoms with van der Waals surface area (Å²) in [4.78, 5) is 20.3. The smallest absolute Gasteiger partial charge is 0.325 e. The summed E-state index contributed by atoms with van der Waals surface area (Å²) in [5.74, 6) is -0.472. The van der Waals surface area contributed by atoms with Crippen LogP contribution in [0, 0.1) is 5.92 Å². The fourth-order valence-corrected chi connectivity index (χ4v) is 0.627. The minimum Gasteiger partial charge on any atom is -0.348 e. The molecule has 3 nitrogen and oxygen atoms in total. The second kappa shape index (κ2) is 5.23. The van der Waals surface area contributed by atoms with Crippen LogP contribution in [0.5, 0.6) is 0 Å². The number of carbonyl (C=O) groups excluding carboxylic acids is 2. The monoisotopic (exact) mass is 164 g/mol. The van der Waals surface area contributed by atoms with Crippen LogP contribution in [0.4, 0.5) is 0 Å². The van der Waals surface area contributed by atoms with E-state index in [0.29, 0.717) is 6.42 Å². The first-order valence-electron chi connectivity index (χ1n) is 2.95. The van der Waals surface area contributed by atoms with Crippen LogP contribution in [0.15, 0.2) is 0 Å². The maximum Gasteiger partial charge on any atom is 0.325 e. The third-order valence-corrected chi connectivity index (χ3v) is 1.27. The zero-order chi connectivity index (χ0) is 7.98. The van der Waals surface area contributed by atoms with Gasteiger partial charge in [-0.15, -0.1) is 0 Å². The van der Waals surface area contributed by atoms with Crippen LogP contribution in [0.25, 0.3) is 0 Å². The lowest BCUT2D eigenvalue weighted by Crippen LogP contribution is -2.05. The first kappa shape index (κ1) is 9.43. The van der Waals surface area contributed by atoms with E-state index in [1.165, 1.54) is 0 Å². The summed E-state index contributed by atoms with van der Waals surface area (Å²) in [5, 5.41) is 0. The van der Waals surface area contributed by atoms with Crippen LogP contribution < -0.4 is 0 Å². The van der Waals surface area contributed by atoms with Gasteiger partial charge in [0.2, 0.25) is 0 Å². The largest absolute Gasteiger partial charge is 0.348 e. The van der Waals surface area contributed by atoms with Crippen molar-refractivity contribution in [1.29, 1.82) is 0 Å². The third kappa shape index (κ3) is 4.32. The van der Waals surface area contributed by atoms with E-state index in [0.717, 1.165) is 6.29 Å². The second-order valence-corrected chi connectivity index (χ2v) is 2.32. The van der Waals surface area contributed by atoms with Crippen molar-refractivity contribution in [3.05, 3.63) is 0 Å². The minimum atomic E-state index is -0.490. The van der Waals surface area contributed by atoms with Gasteiger partial charge in [0.15, 0.2) is 0 Å². The summed E-state index contributed by atoms with van der Waals surface area (Å²) in [6.45, 7) is 1.78. The van der Waals surface area contributed by atoms with Crippen LogP contribution in [0.3, 0.4) is 0 Å². The molecule has 0 aliphatic carbocycles. The molecule has 0 aromatic heterocycles. The van der Waals surface area contributed by atoms with Crippen molar-refractivity contribution in [2.45, 2.75) is 19.8 Å². The van der Waals surface area contributed by atoms with E-state index in [1.807, 2.05) is 0 Å². The van der Waals surface area contributed by atoms with Crippen molar-refractivity contribution >= 4 is 24.1 Å². The summed E-state index contributed by atoms with van der Waals surface area (Å²) in [6.07, 6.45) is 1.33. The van der Waals surface area contributed by atoms with Crippen molar-refractivity contribution in [3.8, 4) is 0 Å². The van der Waals surface area contributed by atoms with E-state index >= 15 is 0 Å². The molecular weight excluding hydrogens is 156 g/mol. The standard InChI is InChI=1S/C6H9ClO3/c1-5(2-3-8)4-6(9)10-7/h3,5H,2,4H2,1H3. The van der Waals surface area contributed by atoms with Gasteiger partial charge < -0.3 is 9.08 Å². The van der Waals surface area contributed by atoms with Gasteiger partial charge in [-0.3, -0.25) is 4.79 Å². The van der Waals surface area contributed by atoms with E-state index in [9.17, 15) is 9.59 Å². The molecular formula is C6H9ClO3. The Morgan fingerprint density at radius 2 is 2.40 bits per heavy atom. The molecule has 0 aliphatic rings. The van der Waals surface area contributed by atoms with Gasteiger partial charge in [-0.2, -0.15) is 0 Å². The molecule has 0 saturated heterocycles. The van der Waals surface area contributed by atoms with Crippen molar-refractivity contribution < 1.29 is 13.9 Å². The Balaban J connectivity index is 3.46. The Hall–Kier alpha value is -0.570. The van der Waals surface area contributed by atoms with E-state index in [2.05, 4.69) is 4.29 Å². The molecule has 0 fully saturated rings. The molecule has 0 heterocycles. The van der Waals surface area contributed by atoms with Crippen LogP contribution in [-0.2, 0) is 13.9 Å². The Morgan fingerprint density at radius 1 is 1.80 bits per heavy atom. The lowest BCUT2D eigenvalue weighted by molar-refractivity contribution is -0.134. The Labute approximate surface area is 64.5 Å². The Bertz CT molecular complexity index is 124. The van der Waals surface area contributed by atoms with Crippen LogP contribution in [0.1, 0.15) is 19.8 Å². The summed E-state index contributed by atoms with van der Waals surface area (Å²) in [5.41, 5.74) is 0. The molecule has 1 atom stereocenters. The average molecular weight is 165 g/mol. The molecule has 0 bridgehead atoms. The molecule has 0 amide bonds. The predicted octanol–water partition coefficient (Wildman–Crippen LogP) is 1.30. The molecule has 0 aromatic carbocycles. The molecule has 58 valence electrons. The minimum absolute atomic E-state index is 0.0174. The number of rotatable bonds is 4. The normalized spacial score (nSPS) is 12.2. The number of hydrogen-bond donors (Lipinski definition) is 0. The lowest BCUT2D eigenvalue weighted by atomic mass is 10.1. The molecule has 1 unspecified atom stereocenters. The van der Waals surface area contributed by atoms with Crippen LogP contribution in [-0.4, -0.2) is 12.3 Å². The third-order valence-electron chi connectivity index (χ3n) is 1.10. The van der Waals surface area contributed by atoms with Gasteiger partial charge in [0.1, 0.15) is 18.2 Å². The fourth-order valence-electron chi connectivity index (χ4n) is 0.564. The topological polar surface area (TPSA) is 43.4 Å². The SMILES string of the molecule is CC(CC=O)CC(=O)OCl. The maximum atomic E-state index is 10.4. The van der Waals surface area contributed by atoms with Crippen molar-refractivity contribution in [1.82, 2.24) is 0 Å². The van der Waals surface area contributed by atoms with Gasteiger partial charge in [0.25, 0.3) is 0 Å². The number of hydrogen-bond acceptors (Lipinski definition) is 3. The molecule has 0 aliphatic heterocycles. The quantitative estimate of drug-likeness (QED) is 0.589. The van der Waals surface area contributed by atoms with Crippen LogP contribution in [0.2, 0.25) is 0 Å². The summed E-state index contributed by atoms with van der Waals surface area (Å²) in [7, 11) is 0. The molecule has 0 saturated carbocycles. The fraction of sp³-hybridized carbons (Fsp3) is 0.667. The van der Waals surface area contributed by atoms with Gasteiger partial charge in [0.05, 0.1) is 6.42 Å². The highest BCUT2D eigenvalue weighted by atomic mass is 35.5. The Kier molecular flexibility index (Phi) is 4.94. The Morgan fingerprint density at radius 3 is 2.80 bits per heavy atom. The van der Waals surface area contributed by atoms with E-state index in [-0.39, 0.29) is 12.3 Å².